The zero-order valence-corrected chi connectivity index (χ0v) is 15.9. The molecule has 3 aromatic rings. The summed E-state index contributed by atoms with van der Waals surface area (Å²) in [6, 6.07) is 12.8. The molecule has 29 heavy (non-hydrogen) atoms. The zero-order valence-electron chi connectivity index (χ0n) is 15.1. The number of alkyl halides is 3. The summed E-state index contributed by atoms with van der Waals surface area (Å²) in [5.41, 5.74) is 3.70. The Bertz CT molecular complexity index is 929. The van der Waals surface area contributed by atoms with E-state index in [9.17, 15) is 18.0 Å². The van der Waals surface area contributed by atoms with Crippen LogP contribution in [0.5, 0.6) is 11.5 Å². The van der Waals surface area contributed by atoms with Gasteiger partial charge in [0, 0.05) is 17.5 Å². The Morgan fingerprint density at radius 1 is 1.07 bits per heavy atom. The fourth-order valence-corrected chi connectivity index (χ4v) is 2.89. The molecular weight excluding hydrogens is 405 g/mol. The van der Waals surface area contributed by atoms with E-state index in [0.29, 0.717) is 17.9 Å². The maximum atomic E-state index is 12.4. The van der Waals surface area contributed by atoms with Gasteiger partial charge in [-0.25, -0.2) is 4.98 Å². The number of hydrogen-bond donors (Lipinski definition) is 1. The summed E-state index contributed by atoms with van der Waals surface area (Å²) in [6.07, 6.45) is -4.38. The number of amides is 1. The first-order chi connectivity index (χ1) is 13.9. The average molecular weight is 422 g/mol. The molecule has 0 atom stereocenters. The monoisotopic (exact) mass is 422 g/mol. The molecule has 1 amide bonds. The van der Waals surface area contributed by atoms with Crippen LogP contribution >= 0.6 is 11.3 Å². The van der Waals surface area contributed by atoms with Gasteiger partial charge in [0.2, 0.25) is 0 Å². The van der Waals surface area contributed by atoms with E-state index in [1.165, 1.54) is 23.5 Å². The van der Waals surface area contributed by atoms with Crippen molar-refractivity contribution < 1.29 is 27.4 Å². The molecule has 2 aromatic carbocycles. The van der Waals surface area contributed by atoms with Crippen molar-refractivity contribution in [3.63, 3.8) is 0 Å². The van der Waals surface area contributed by atoms with Crippen molar-refractivity contribution in [2.45, 2.75) is 19.3 Å². The van der Waals surface area contributed by atoms with Crippen LogP contribution in [0.4, 0.5) is 13.2 Å². The number of carbonyl (C=O) groups is 1. The van der Waals surface area contributed by atoms with E-state index in [2.05, 4.69) is 15.0 Å². The number of hydrogen-bond acceptors (Lipinski definition) is 5. The van der Waals surface area contributed by atoms with Gasteiger partial charge in [-0.15, -0.1) is 11.3 Å². The lowest BCUT2D eigenvalue weighted by Crippen LogP contribution is -2.22. The molecule has 0 spiro atoms. The molecule has 5 nitrogen and oxygen atoms in total. The van der Waals surface area contributed by atoms with E-state index >= 15 is 0 Å². The Hall–Kier alpha value is -3.07. The second kappa shape index (κ2) is 9.42. The van der Waals surface area contributed by atoms with Crippen molar-refractivity contribution in [3.8, 4) is 11.5 Å². The Kier molecular flexibility index (Phi) is 6.71. The zero-order chi connectivity index (χ0) is 20.7. The Labute approximate surface area is 169 Å². The molecule has 1 heterocycles. The fourth-order valence-electron chi connectivity index (χ4n) is 2.35. The van der Waals surface area contributed by atoms with Gasteiger partial charge in [0.1, 0.15) is 18.1 Å². The molecule has 9 heteroatoms. The Morgan fingerprint density at radius 3 is 2.55 bits per heavy atom. The van der Waals surface area contributed by atoms with Crippen LogP contribution in [0.15, 0.2) is 59.4 Å². The topological polar surface area (TPSA) is 60.5 Å². The lowest BCUT2D eigenvalue weighted by atomic mass is 10.2. The average Bonchev–Trinajstić information content (AvgIpc) is 3.23. The van der Waals surface area contributed by atoms with E-state index in [1.54, 1.807) is 41.9 Å². The van der Waals surface area contributed by atoms with Gasteiger partial charge in [0.05, 0.1) is 11.2 Å². The molecule has 152 valence electrons. The third-order valence-corrected chi connectivity index (χ3v) is 4.38. The van der Waals surface area contributed by atoms with Gasteiger partial charge < -0.3 is 14.8 Å². The standard InChI is InChI=1S/C20H17F3N2O3S/c21-20(22,23)12-28-17-6-4-14(5-7-17)9-24-19(26)15-2-1-3-18(8-15)27-10-16-11-29-13-25-16/h1-8,11,13H,9-10,12H2,(H,24,26). The highest BCUT2D eigenvalue weighted by molar-refractivity contribution is 7.07. The smallest absolute Gasteiger partial charge is 0.422 e. The quantitative estimate of drug-likeness (QED) is 0.577. The van der Waals surface area contributed by atoms with E-state index in [-0.39, 0.29) is 18.2 Å². The van der Waals surface area contributed by atoms with Gasteiger partial charge in [0.25, 0.3) is 5.91 Å². The molecule has 0 aliphatic carbocycles. The second-order valence-electron chi connectivity index (χ2n) is 6.03. The third-order valence-electron chi connectivity index (χ3n) is 3.75. The minimum Gasteiger partial charge on any atom is -0.487 e. The summed E-state index contributed by atoms with van der Waals surface area (Å²) >= 11 is 1.48. The molecule has 0 saturated carbocycles. The molecule has 0 saturated heterocycles. The summed E-state index contributed by atoms with van der Waals surface area (Å²) in [4.78, 5) is 16.5. The number of ether oxygens (including phenoxy) is 2. The van der Waals surface area contributed by atoms with Crippen LogP contribution in [0.25, 0.3) is 0 Å². The molecule has 0 fully saturated rings. The first kappa shape index (κ1) is 20.7. The van der Waals surface area contributed by atoms with Crippen LogP contribution in [-0.4, -0.2) is 23.7 Å². The summed E-state index contributed by atoms with van der Waals surface area (Å²) < 4.78 is 46.8. The summed E-state index contributed by atoms with van der Waals surface area (Å²) in [5, 5.41) is 4.65. The molecule has 1 aromatic heterocycles. The normalized spacial score (nSPS) is 11.1. The van der Waals surface area contributed by atoms with Crippen LogP contribution in [0.1, 0.15) is 21.6 Å². The van der Waals surface area contributed by atoms with Crippen LogP contribution in [-0.2, 0) is 13.2 Å². The minimum absolute atomic E-state index is 0.113. The molecule has 0 bridgehead atoms. The number of thiazole rings is 1. The van der Waals surface area contributed by atoms with Gasteiger partial charge in [-0.2, -0.15) is 13.2 Å². The van der Waals surface area contributed by atoms with Crippen molar-refractivity contribution in [2.75, 3.05) is 6.61 Å². The van der Waals surface area contributed by atoms with Crippen molar-refractivity contribution in [2.24, 2.45) is 0 Å². The summed E-state index contributed by atoms with van der Waals surface area (Å²) in [6.45, 7) is -0.802. The molecule has 0 aliphatic rings. The minimum atomic E-state index is -4.38. The van der Waals surface area contributed by atoms with E-state index in [0.717, 1.165) is 11.3 Å². The lowest BCUT2D eigenvalue weighted by Gasteiger charge is -2.10. The summed E-state index contributed by atoms with van der Waals surface area (Å²) in [7, 11) is 0. The van der Waals surface area contributed by atoms with E-state index < -0.39 is 12.8 Å². The third kappa shape index (κ3) is 6.79. The van der Waals surface area contributed by atoms with Crippen molar-refractivity contribution >= 4 is 17.2 Å². The maximum absolute atomic E-state index is 12.4. The highest BCUT2D eigenvalue weighted by Gasteiger charge is 2.28. The predicted octanol–water partition coefficient (Wildman–Crippen LogP) is 4.59. The predicted molar refractivity (Wildman–Crippen MR) is 102 cm³/mol. The number of aromatic nitrogens is 1. The van der Waals surface area contributed by atoms with Gasteiger partial charge in [-0.3, -0.25) is 4.79 Å². The first-order valence-corrected chi connectivity index (χ1v) is 9.50. The van der Waals surface area contributed by atoms with Gasteiger partial charge in [-0.1, -0.05) is 18.2 Å². The Morgan fingerprint density at radius 2 is 1.86 bits per heavy atom. The van der Waals surface area contributed by atoms with Gasteiger partial charge >= 0.3 is 6.18 Å². The number of carbonyl (C=O) groups excluding carboxylic acids is 1. The fraction of sp³-hybridized carbons (Fsp3) is 0.200. The van der Waals surface area contributed by atoms with Gasteiger partial charge in [-0.05, 0) is 35.9 Å². The largest absolute Gasteiger partial charge is 0.487 e. The summed E-state index contributed by atoms with van der Waals surface area (Å²) in [5.74, 6) is 0.376. The molecule has 0 unspecified atom stereocenters. The lowest BCUT2D eigenvalue weighted by molar-refractivity contribution is -0.153. The SMILES string of the molecule is O=C(NCc1ccc(OCC(F)(F)F)cc1)c1cccc(OCc2cscn2)c1. The van der Waals surface area contributed by atoms with Crippen LogP contribution in [0.2, 0.25) is 0 Å². The molecule has 3 rings (SSSR count). The number of halogens is 3. The Balaban J connectivity index is 1.50. The number of benzene rings is 2. The van der Waals surface area contributed by atoms with Crippen molar-refractivity contribution in [1.29, 1.82) is 0 Å². The van der Waals surface area contributed by atoms with Crippen molar-refractivity contribution in [1.82, 2.24) is 10.3 Å². The number of rotatable bonds is 8. The van der Waals surface area contributed by atoms with E-state index in [1.807, 2.05) is 5.38 Å². The highest BCUT2D eigenvalue weighted by atomic mass is 32.1. The van der Waals surface area contributed by atoms with Crippen molar-refractivity contribution in [3.05, 3.63) is 76.2 Å². The molecule has 1 N–H and O–H groups in total. The molecular formula is C20H17F3N2O3S. The maximum Gasteiger partial charge on any atom is 0.422 e. The van der Waals surface area contributed by atoms with Gasteiger partial charge in [0.15, 0.2) is 6.61 Å². The number of nitrogens with one attached hydrogen (secondary N) is 1. The molecule has 0 aliphatic heterocycles. The molecule has 0 radical (unpaired) electrons. The van der Waals surface area contributed by atoms with E-state index in [4.69, 9.17) is 4.74 Å². The van der Waals surface area contributed by atoms with Crippen LogP contribution in [0.3, 0.4) is 0 Å². The second-order valence-corrected chi connectivity index (χ2v) is 6.75. The highest BCUT2D eigenvalue weighted by Crippen LogP contribution is 2.19. The first-order valence-electron chi connectivity index (χ1n) is 8.56. The van der Waals surface area contributed by atoms with Crippen LogP contribution in [0, 0.1) is 0 Å². The number of nitrogens with zero attached hydrogens (tertiary/aromatic N) is 1. The van der Waals surface area contributed by atoms with Crippen LogP contribution < -0.4 is 14.8 Å².